The van der Waals surface area contributed by atoms with E-state index in [0.29, 0.717) is 24.2 Å². The van der Waals surface area contributed by atoms with Crippen molar-refractivity contribution in [1.82, 2.24) is 14.8 Å². The molecule has 3 aromatic rings. The van der Waals surface area contributed by atoms with E-state index in [1.807, 2.05) is 6.92 Å². The number of aromatic nitrogens is 3. The van der Waals surface area contributed by atoms with E-state index in [1.165, 1.54) is 6.20 Å². The number of hydrogen-bond acceptors (Lipinski definition) is 2. The summed E-state index contributed by atoms with van der Waals surface area (Å²) < 4.78 is 43.1. The summed E-state index contributed by atoms with van der Waals surface area (Å²) in [6.45, 7) is 2.44. The van der Waals surface area contributed by atoms with Gasteiger partial charge in [-0.05, 0) is 6.42 Å². The van der Waals surface area contributed by atoms with E-state index in [-0.39, 0.29) is 11.2 Å². The van der Waals surface area contributed by atoms with Crippen LogP contribution in [0.1, 0.15) is 19.8 Å². The minimum Gasteiger partial charge on any atom is -0.338 e. The van der Waals surface area contributed by atoms with Crippen molar-refractivity contribution >= 4 is 11.0 Å². The van der Waals surface area contributed by atoms with Crippen molar-refractivity contribution in [1.29, 1.82) is 0 Å². The molecule has 0 amide bonds. The Hall–Kier alpha value is -2.57. The Morgan fingerprint density at radius 3 is 2.52 bits per heavy atom. The number of aryl methyl sites for hydroxylation is 1. The second-order valence-corrected chi connectivity index (χ2v) is 5.27. The van der Waals surface area contributed by atoms with Crippen LogP contribution in [0.25, 0.3) is 22.3 Å². The van der Waals surface area contributed by atoms with Crippen molar-refractivity contribution < 1.29 is 13.2 Å². The second-order valence-electron chi connectivity index (χ2n) is 5.27. The first-order chi connectivity index (χ1) is 11.0. The first-order valence-corrected chi connectivity index (χ1v) is 7.24. The molecule has 0 unspecified atom stereocenters. The summed E-state index contributed by atoms with van der Waals surface area (Å²) in [6.07, 6.45) is 3.05. The summed E-state index contributed by atoms with van der Waals surface area (Å²) in [5.74, 6) is -3.10. The van der Waals surface area contributed by atoms with Gasteiger partial charge < -0.3 is 4.57 Å². The molecule has 0 radical (unpaired) electrons. The molecule has 0 fully saturated rings. The number of halogens is 3. The minimum atomic E-state index is -1.05. The number of nitrogens with one attached hydrogen (secondary N) is 1. The van der Waals surface area contributed by atoms with Crippen molar-refractivity contribution in [2.75, 3.05) is 0 Å². The third kappa shape index (κ3) is 2.62. The Balaban J connectivity index is 2.34. The normalized spacial score (nSPS) is 11.3. The van der Waals surface area contributed by atoms with Crippen molar-refractivity contribution in [2.45, 2.75) is 26.3 Å². The molecule has 0 saturated heterocycles. The zero-order chi connectivity index (χ0) is 16.6. The third-order valence-corrected chi connectivity index (χ3v) is 3.71. The molecule has 0 aliphatic rings. The number of rotatable bonds is 4. The summed E-state index contributed by atoms with van der Waals surface area (Å²) in [7, 11) is 0. The molecule has 0 bridgehead atoms. The number of hydrogen-bond donors (Lipinski definition) is 1. The fourth-order valence-corrected chi connectivity index (χ4v) is 2.62. The summed E-state index contributed by atoms with van der Waals surface area (Å²) in [6, 6.07) is 2.36. The van der Waals surface area contributed by atoms with Gasteiger partial charge in [-0.3, -0.25) is 9.89 Å². The van der Waals surface area contributed by atoms with Crippen LogP contribution < -0.4 is 5.43 Å². The smallest absolute Gasteiger partial charge is 0.207 e. The number of pyridine rings is 1. The van der Waals surface area contributed by atoms with Gasteiger partial charge in [0.25, 0.3) is 0 Å². The van der Waals surface area contributed by atoms with Gasteiger partial charge in [-0.15, -0.1) is 0 Å². The SMILES string of the molecule is CCCCn1c(-c2c(F)cc(F)cc2F)cc(=O)c2[nH]ncc21. The highest BCUT2D eigenvalue weighted by molar-refractivity contribution is 5.78. The lowest BCUT2D eigenvalue weighted by Gasteiger charge is -2.16. The van der Waals surface area contributed by atoms with Gasteiger partial charge in [0.1, 0.15) is 23.0 Å². The lowest BCUT2D eigenvalue weighted by molar-refractivity contribution is 0.544. The molecule has 1 aromatic carbocycles. The van der Waals surface area contributed by atoms with E-state index in [2.05, 4.69) is 10.2 Å². The lowest BCUT2D eigenvalue weighted by Crippen LogP contribution is -2.13. The molecule has 0 aliphatic heterocycles. The van der Waals surface area contributed by atoms with Crippen molar-refractivity contribution in [3.8, 4) is 11.3 Å². The molecule has 0 atom stereocenters. The van der Waals surface area contributed by atoms with Crippen LogP contribution >= 0.6 is 0 Å². The van der Waals surface area contributed by atoms with Gasteiger partial charge in [0.15, 0.2) is 0 Å². The summed E-state index contributed by atoms with van der Waals surface area (Å²) in [5, 5.41) is 6.42. The molecule has 2 aromatic heterocycles. The van der Waals surface area contributed by atoms with E-state index in [4.69, 9.17) is 0 Å². The summed E-state index contributed by atoms with van der Waals surface area (Å²) in [5.41, 5.74) is -0.0321. The Morgan fingerprint density at radius 2 is 1.87 bits per heavy atom. The monoisotopic (exact) mass is 321 g/mol. The van der Waals surface area contributed by atoms with Crippen LogP contribution in [0, 0.1) is 17.5 Å². The van der Waals surface area contributed by atoms with Crippen LogP contribution in [0.4, 0.5) is 13.2 Å². The first kappa shape index (κ1) is 15.3. The topological polar surface area (TPSA) is 50.7 Å². The van der Waals surface area contributed by atoms with Gasteiger partial charge in [-0.1, -0.05) is 13.3 Å². The molecule has 2 heterocycles. The third-order valence-electron chi connectivity index (χ3n) is 3.71. The van der Waals surface area contributed by atoms with Gasteiger partial charge in [-0.25, -0.2) is 13.2 Å². The predicted molar refractivity (Wildman–Crippen MR) is 80.6 cm³/mol. The first-order valence-electron chi connectivity index (χ1n) is 7.24. The number of aromatic amines is 1. The van der Waals surface area contributed by atoms with Crippen molar-refractivity contribution in [2.24, 2.45) is 0 Å². The number of nitrogens with zero attached hydrogens (tertiary/aromatic N) is 2. The average Bonchev–Trinajstić information content (AvgIpc) is 2.96. The quantitative estimate of drug-likeness (QED) is 0.798. The maximum absolute atomic E-state index is 14.1. The van der Waals surface area contributed by atoms with Crippen molar-refractivity contribution in [3.63, 3.8) is 0 Å². The highest BCUT2D eigenvalue weighted by atomic mass is 19.1. The van der Waals surface area contributed by atoms with Gasteiger partial charge in [0.05, 0.1) is 23.0 Å². The fraction of sp³-hybridized carbons (Fsp3) is 0.250. The second kappa shape index (κ2) is 5.91. The summed E-state index contributed by atoms with van der Waals surface area (Å²) >= 11 is 0. The van der Waals surface area contributed by atoms with E-state index in [1.54, 1.807) is 4.57 Å². The fourth-order valence-electron chi connectivity index (χ4n) is 2.62. The Bertz CT molecular complexity index is 907. The Morgan fingerprint density at radius 1 is 1.17 bits per heavy atom. The van der Waals surface area contributed by atoms with Crippen molar-refractivity contribution in [3.05, 3.63) is 52.1 Å². The number of unbranched alkanes of at least 4 members (excludes halogenated alkanes) is 1. The molecular formula is C16H14F3N3O. The highest BCUT2D eigenvalue weighted by Crippen LogP contribution is 2.28. The van der Waals surface area contributed by atoms with E-state index in [9.17, 15) is 18.0 Å². The molecule has 120 valence electrons. The van der Waals surface area contributed by atoms with Gasteiger partial charge in [-0.2, -0.15) is 5.10 Å². The predicted octanol–water partition coefficient (Wildman–Crippen LogP) is 3.61. The van der Waals surface area contributed by atoms with E-state index < -0.39 is 28.4 Å². The summed E-state index contributed by atoms with van der Waals surface area (Å²) in [4.78, 5) is 12.1. The van der Waals surface area contributed by atoms with Gasteiger partial charge >= 0.3 is 0 Å². The van der Waals surface area contributed by atoms with Crippen LogP contribution in [0.15, 0.2) is 29.2 Å². The van der Waals surface area contributed by atoms with Crippen LogP contribution in [0.5, 0.6) is 0 Å². The van der Waals surface area contributed by atoms with E-state index >= 15 is 0 Å². The number of fused-ring (bicyclic) bond motifs is 1. The zero-order valence-corrected chi connectivity index (χ0v) is 12.4. The Labute approximate surface area is 129 Å². The molecular weight excluding hydrogens is 307 g/mol. The highest BCUT2D eigenvalue weighted by Gasteiger charge is 2.19. The standard InChI is InChI=1S/C16H14F3N3O/c1-2-3-4-22-12(7-14(23)16-13(22)8-20-21-16)15-10(18)5-9(17)6-11(15)19/h5-8H,2-4H2,1H3,(H,20,21). The van der Waals surface area contributed by atoms with Crippen LogP contribution in [-0.4, -0.2) is 14.8 Å². The maximum atomic E-state index is 14.1. The molecule has 4 nitrogen and oxygen atoms in total. The molecule has 23 heavy (non-hydrogen) atoms. The molecule has 0 saturated carbocycles. The number of H-pyrrole nitrogens is 1. The largest absolute Gasteiger partial charge is 0.338 e. The molecule has 0 aliphatic carbocycles. The van der Waals surface area contributed by atoms with Crippen LogP contribution in [-0.2, 0) is 6.54 Å². The van der Waals surface area contributed by atoms with Crippen LogP contribution in [0.3, 0.4) is 0 Å². The Kier molecular flexibility index (Phi) is 3.94. The molecule has 7 heteroatoms. The van der Waals surface area contributed by atoms with Gasteiger partial charge in [0.2, 0.25) is 5.43 Å². The minimum absolute atomic E-state index is 0.0763. The van der Waals surface area contributed by atoms with Gasteiger partial charge in [0, 0.05) is 24.7 Å². The van der Waals surface area contributed by atoms with Crippen LogP contribution in [0.2, 0.25) is 0 Å². The lowest BCUT2D eigenvalue weighted by atomic mass is 10.1. The zero-order valence-electron chi connectivity index (χ0n) is 12.4. The average molecular weight is 321 g/mol. The molecule has 0 spiro atoms. The van der Waals surface area contributed by atoms with E-state index in [0.717, 1.165) is 18.9 Å². The molecule has 3 rings (SSSR count). The molecule has 1 N–H and O–H groups in total. The maximum Gasteiger partial charge on any atom is 0.207 e. The number of benzene rings is 1.